The van der Waals surface area contributed by atoms with Crippen molar-refractivity contribution in [1.82, 2.24) is 5.32 Å². The summed E-state index contributed by atoms with van der Waals surface area (Å²) in [4.78, 5) is 11.5. The summed E-state index contributed by atoms with van der Waals surface area (Å²) < 4.78 is 4.76. The number of rotatable bonds is 4. The van der Waals surface area contributed by atoms with Crippen molar-refractivity contribution >= 4 is 5.97 Å². The van der Waals surface area contributed by atoms with Crippen LogP contribution in [0.2, 0.25) is 0 Å². The highest BCUT2D eigenvalue weighted by Gasteiger charge is 2.19. The Labute approximate surface area is 90.4 Å². The lowest BCUT2D eigenvalue weighted by Crippen LogP contribution is -2.29. The molecule has 15 heavy (non-hydrogen) atoms. The molecule has 1 unspecified atom stereocenters. The standard InChI is InChI=1S/C12H17NO2/c1-4-13-11(12(14)15-3)10-7-5-6-9(2)8-10/h5-8,11,13H,4H2,1-3H3. The van der Waals surface area contributed by atoms with Crippen molar-refractivity contribution in [2.24, 2.45) is 0 Å². The Morgan fingerprint density at radius 2 is 2.27 bits per heavy atom. The minimum absolute atomic E-state index is 0.248. The number of aryl methyl sites for hydroxylation is 1. The van der Waals surface area contributed by atoms with Crippen molar-refractivity contribution in [1.29, 1.82) is 0 Å². The Morgan fingerprint density at radius 1 is 1.53 bits per heavy atom. The van der Waals surface area contributed by atoms with Crippen molar-refractivity contribution in [3.8, 4) is 0 Å². The summed E-state index contributed by atoms with van der Waals surface area (Å²) in [5.41, 5.74) is 2.09. The molecule has 0 aromatic heterocycles. The smallest absolute Gasteiger partial charge is 0.327 e. The molecule has 0 saturated carbocycles. The molecule has 0 bridgehead atoms. The van der Waals surface area contributed by atoms with E-state index in [0.29, 0.717) is 0 Å². The van der Waals surface area contributed by atoms with E-state index in [4.69, 9.17) is 4.74 Å². The van der Waals surface area contributed by atoms with Gasteiger partial charge in [-0.2, -0.15) is 0 Å². The minimum atomic E-state index is -0.361. The zero-order valence-electron chi connectivity index (χ0n) is 9.41. The summed E-state index contributed by atoms with van der Waals surface area (Å²) in [6.45, 7) is 4.70. The molecule has 1 N–H and O–H groups in total. The van der Waals surface area contributed by atoms with Crippen LogP contribution in [0.1, 0.15) is 24.1 Å². The minimum Gasteiger partial charge on any atom is -0.468 e. The van der Waals surface area contributed by atoms with Crippen LogP contribution in [0.4, 0.5) is 0 Å². The van der Waals surface area contributed by atoms with E-state index in [1.54, 1.807) is 0 Å². The van der Waals surface area contributed by atoms with E-state index in [-0.39, 0.29) is 12.0 Å². The van der Waals surface area contributed by atoms with Crippen LogP contribution in [0.3, 0.4) is 0 Å². The average Bonchev–Trinajstić information content (AvgIpc) is 2.25. The summed E-state index contributed by atoms with van der Waals surface area (Å²) in [5.74, 6) is -0.248. The molecule has 3 nitrogen and oxygen atoms in total. The van der Waals surface area contributed by atoms with Crippen LogP contribution < -0.4 is 5.32 Å². The Hall–Kier alpha value is -1.35. The number of hydrogen-bond donors (Lipinski definition) is 1. The van der Waals surface area contributed by atoms with Gasteiger partial charge in [-0.25, -0.2) is 4.79 Å². The molecule has 0 radical (unpaired) electrons. The Kier molecular flexibility index (Phi) is 4.31. The van der Waals surface area contributed by atoms with E-state index < -0.39 is 0 Å². The number of hydrogen-bond acceptors (Lipinski definition) is 3. The van der Waals surface area contributed by atoms with Crippen LogP contribution in [-0.2, 0) is 9.53 Å². The van der Waals surface area contributed by atoms with Crippen molar-refractivity contribution in [2.75, 3.05) is 13.7 Å². The normalized spacial score (nSPS) is 12.2. The first-order valence-electron chi connectivity index (χ1n) is 5.06. The van der Waals surface area contributed by atoms with Crippen LogP contribution >= 0.6 is 0 Å². The van der Waals surface area contributed by atoms with Gasteiger partial charge in [0.25, 0.3) is 0 Å². The number of methoxy groups -OCH3 is 1. The van der Waals surface area contributed by atoms with E-state index in [0.717, 1.165) is 17.7 Å². The number of nitrogens with one attached hydrogen (secondary N) is 1. The number of carbonyl (C=O) groups excluding carboxylic acids is 1. The molecule has 0 aliphatic heterocycles. The molecule has 0 heterocycles. The fraction of sp³-hybridized carbons (Fsp3) is 0.417. The molecule has 1 aromatic rings. The van der Waals surface area contributed by atoms with Crippen LogP contribution in [-0.4, -0.2) is 19.6 Å². The number of esters is 1. The molecule has 0 spiro atoms. The molecule has 0 aliphatic rings. The largest absolute Gasteiger partial charge is 0.468 e. The van der Waals surface area contributed by atoms with E-state index in [1.165, 1.54) is 7.11 Å². The SMILES string of the molecule is CCNC(C(=O)OC)c1cccc(C)c1. The lowest BCUT2D eigenvalue weighted by atomic mass is 10.0. The molecule has 1 rings (SSSR count). The molecular formula is C12H17NO2. The number of carbonyl (C=O) groups is 1. The maximum Gasteiger partial charge on any atom is 0.327 e. The monoisotopic (exact) mass is 207 g/mol. The quantitative estimate of drug-likeness (QED) is 0.765. The van der Waals surface area contributed by atoms with Crippen molar-refractivity contribution < 1.29 is 9.53 Å². The summed E-state index contributed by atoms with van der Waals surface area (Å²) in [6, 6.07) is 7.50. The fourth-order valence-electron chi connectivity index (χ4n) is 1.51. The molecule has 0 amide bonds. The number of benzene rings is 1. The second-order valence-electron chi connectivity index (χ2n) is 3.43. The number of ether oxygens (including phenoxy) is 1. The summed E-state index contributed by atoms with van der Waals surface area (Å²) in [6.07, 6.45) is 0. The molecular weight excluding hydrogens is 190 g/mol. The molecule has 0 saturated heterocycles. The van der Waals surface area contributed by atoms with Gasteiger partial charge in [0.05, 0.1) is 7.11 Å². The molecule has 3 heteroatoms. The Morgan fingerprint density at radius 3 is 2.80 bits per heavy atom. The first-order chi connectivity index (χ1) is 7.19. The molecule has 1 aromatic carbocycles. The van der Waals surface area contributed by atoms with Crippen LogP contribution in [0.5, 0.6) is 0 Å². The van der Waals surface area contributed by atoms with Crippen LogP contribution in [0, 0.1) is 6.92 Å². The van der Waals surface area contributed by atoms with Gasteiger partial charge in [-0.15, -0.1) is 0 Å². The summed E-state index contributed by atoms with van der Waals surface area (Å²) in [7, 11) is 1.41. The second-order valence-corrected chi connectivity index (χ2v) is 3.43. The predicted octanol–water partition coefficient (Wildman–Crippen LogP) is 1.82. The first-order valence-corrected chi connectivity index (χ1v) is 5.06. The summed E-state index contributed by atoms with van der Waals surface area (Å²) >= 11 is 0. The van der Waals surface area contributed by atoms with E-state index in [9.17, 15) is 4.79 Å². The van der Waals surface area contributed by atoms with Gasteiger partial charge in [-0.05, 0) is 19.0 Å². The highest BCUT2D eigenvalue weighted by Crippen LogP contribution is 2.15. The zero-order valence-corrected chi connectivity index (χ0v) is 9.41. The van der Waals surface area contributed by atoms with Gasteiger partial charge >= 0.3 is 5.97 Å². The highest BCUT2D eigenvalue weighted by molar-refractivity contribution is 5.77. The van der Waals surface area contributed by atoms with Gasteiger partial charge in [-0.1, -0.05) is 36.8 Å². The van der Waals surface area contributed by atoms with Crippen LogP contribution in [0.15, 0.2) is 24.3 Å². The van der Waals surface area contributed by atoms with Gasteiger partial charge < -0.3 is 10.1 Å². The van der Waals surface area contributed by atoms with E-state index in [1.807, 2.05) is 38.1 Å². The fourth-order valence-corrected chi connectivity index (χ4v) is 1.51. The first kappa shape index (κ1) is 11.7. The van der Waals surface area contributed by atoms with Gasteiger partial charge in [-0.3, -0.25) is 0 Å². The van der Waals surface area contributed by atoms with Gasteiger partial charge in [0, 0.05) is 0 Å². The maximum absolute atomic E-state index is 11.5. The Balaban J connectivity index is 2.93. The molecule has 0 fully saturated rings. The highest BCUT2D eigenvalue weighted by atomic mass is 16.5. The average molecular weight is 207 g/mol. The van der Waals surface area contributed by atoms with Crippen molar-refractivity contribution in [2.45, 2.75) is 19.9 Å². The zero-order chi connectivity index (χ0) is 11.3. The Bertz CT molecular complexity index is 336. The lowest BCUT2D eigenvalue weighted by molar-refractivity contribution is -0.143. The molecule has 0 aliphatic carbocycles. The van der Waals surface area contributed by atoms with Gasteiger partial charge in [0.2, 0.25) is 0 Å². The van der Waals surface area contributed by atoms with Crippen molar-refractivity contribution in [3.05, 3.63) is 35.4 Å². The number of likely N-dealkylation sites (N-methyl/N-ethyl adjacent to an activating group) is 1. The predicted molar refractivity (Wildman–Crippen MR) is 59.6 cm³/mol. The van der Waals surface area contributed by atoms with Crippen molar-refractivity contribution in [3.63, 3.8) is 0 Å². The topological polar surface area (TPSA) is 38.3 Å². The van der Waals surface area contributed by atoms with E-state index >= 15 is 0 Å². The van der Waals surface area contributed by atoms with Crippen LogP contribution in [0.25, 0.3) is 0 Å². The lowest BCUT2D eigenvalue weighted by Gasteiger charge is -2.15. The molecule has 82 valence electrons. The second kappa shape index (κ2) is 5.51. The maximum atomic E-state index is 11.5. The summed E-state index contributed by atoms with van der Waals surface area (Å²) in [5, 5.41) is 3.10. The molecule has 1 atom stereocenters. The van der Waals surface area contributed by atoms with Gasteiger partial charge in [0.15, 0.2) is 0 Å². The third-order valence-electron chi connectivity index (χ3n) is 2.22. The third-order valence-corrected chi connectivity index (χ3v) is 2.22. The van der Waals surface area contributed by atoms with Gasteiger partial charge in [0.1, 0.15) is 6.04 Å². The van der Waals surface area contributed by atoms with E-state index in [2.05, 4.69) is 5.32 Å². The third kappa shape index (κ3) is 3.06.